The van der Waals surface area contributed by atoms with Crippen LogP contribution < -0.4 is 14.8 Å². The van der Waals surface area contributed by atoms with E-state index in [4.69, 9.17) is 4.74 Å². The summed E-state index contributed by atoms with van der Waals surface area (Å²) in [5.41, 5.74) is 1.19. The van der Waals surface area contributed by atoms with Crippen LogP contribution in [-0.2, 0) is 10.0 Å². The SMILES string of the molecule is CNC(=O)c1c2cc(OC(C)C)c(NS(C)(=O)=O)cc2cn1-c1ccc(F)cc1. The number of ether oxygens (including phenoxy) is 1. The van der Waals surface area contributed by atoms with Gasteiger partial charge in [-0.1, -0.05) is 0 Å². The van der Waals surface area contributed by atoms with Crippen molar-refractivity contribution in [3.8, 4) is 11.4 Å². The molecule has 29 heavy (non-hydrogen) atoms. The van der Waals surface area contributed by atoms with Crippen molar-refractivity contribution in [3.05, 3.63) is 54.1 Å². The Morgan fingerprint density at radius 1 is 1.17 bits per heavy atom. The van der Waals surface area contributed by atoms with Gasteiger partial charge >= 0.3 is 0 Å². The molecule has 2 aromatic carbocycles. The largest absolute Gasteiger partial charge is 0.489 e. The Balaban J connectivity index is 2.30. The molecule has 1 aromatic heterocycles. The maximum absolute atomic E-state index is 13.3. The molecule has 1 amide bonds. The number of amides is 1. The van der Waals surface area contributed by atoms with Crippen LogP contribution in [0.1, 0.15) is 24.3 Å². The van der Waals surface area contributed by atoms with Crippen molar-refractivity contribution in [2.75, 3.05) is 18.0 Å². The zero-order valence-electron chi connectivity index (χ0n) is 16.5. The molecule has 9 heteroatoms. The monoisotopic (exact) mass is 419 g/mol. The number of hydrogen-bond donors (Lipinski definition) is 2. The van der Waals surface area contributed by atoms with Crippen LogP contribution in [0.15, 0.2) is 42.6 Å². The first-order valence-electron chi connectivity index (χ1n) is 8.90. The quantitative estimate of drug-likeness (QED) is 0.642. The van der Waals surface area contributed by atoms with Crippen LogP contribution >= 0.6 is 0 Å². The van der Waals surface area contributed by atoms with Gasteiger partial charge in [0.05, 0.1) is 18.0 Å². The molecule has 0 fully saturated rings. The minimum Gasteiger partial charge on any atom is -0.489 e. The van der Waals surface area contributed by atoms with Crippen molar-refractivity contribution in [1.29, 1.82) is 0 Å². The van der Waals surface area contributed by atoms with Gasteiger partial charge in [-0.15, -0.1) is 0 Å². The Morgan fingerprint density at radius 2 is 1.83 bits per heavy atom. The Labute approximate surface area is 168 Å². The van der Waals surface area contributed by atoms with Crippen molar-refractivity contribution in [1.82, 2.24) is 9.88 Å². The summed E-state index contributed by atoms with van der Waals surface area (Å²) in [7, 11) is -2.03. The lowest BCUT2D eigenvalue weighted by atomic mass is 10.1. The van der Waals surface area contributed by atoms with Gasteiger partial charge in [-0.3, -0.25) is 9.52 Å². The third kappa shape index (κ3) is 4.51. The average Bonchev–Trinajstić information content (AvgIpc) is 2.98. The molecule has 0 bridgehead atoms. The fraction of sp³-hybridized carbons (Fsp3) is 0.250. The van der Waals surface area contributed by atoms with Gasteiger partial charge in [0.2, 0.25) is 10.0 Å². The standard InChI is InChI=1S/C20H22FN3O4S/c1-12(2)28-18-10-16-13(9-17(18)23-29(4,26)27)11-24(19(16)20(25)22-3)15-7-5-14(21)6-8-15/h5-12,23H,1-4H3,(H,22,25). The van der Waals surface area contributed by atoms with Crippen LogP contribution in [0.2, 0.25) is 0 Å². The minimum atomic E-state index is -3.54. The van der Waals surface area contributed by atoms with E-state index >= 15 is 0 Å². The number of fused-ring (bicyclic) bond motifs is 1. The highest BCUT2D eigenvalue weighted by Crippen LogP contribution is 2.35. The molecule has 0 aliphatic heterocycles. The summed E-state index contributed by atoms with van der Waals surface area (Å²) in [4.78, 5) is 12.6. The molecular formula is C20H22FN3O4S. The molecule has 2 N–H and O–H groups in total. The smallest absolute Gasteiger partial charge is 0.268 e. The molecule has 0 aliphatic rings. The Kier molecular flexibility index (Phi) is 5.52. The zero-order chi connectivity index (χ0) is 21.3. The van der Waals surface area contributed by atoms with E-state index in [2.05, 4.69) is 10.0 Å². The summed E-state index contributed by atoms with van der Waals surface area (Å²) in [6.07, 6.45) is 2.53. The number of anilines is 1. The van der Waals surface area contributed by atoms with Crippen molar-refractivity contribution in [3.63, 3.8) is 0 Å². The van der Waals surface area contributed by atoms with E-state index in [1.165, 1.54) is 19.2 Å². The van der Waals surface area contributed by atoms with Crippen molar-refractivity contribution < 1.29 is 22.3 Å². The fourth-order valence-corrected chi connectivity index (χ4v) is 3.59. The van der Waals surface area contributed by atoms with Crippen LogP contribution in [0.5, 0.6) is 5.75 Å². The van der Waals surface area contributed by atoms with Gasteiger partial charge < -0.3 is 14.6 Å². The van der Waals surface area contributed by atoms with Gasteiger partial charge in [0, 0.05) is 29.7 Å². The van der Waals surface area contributed by atoms with Gasteiger partial charge in [0.1, 0.15) is 17.3 Å². The number of halogens is 1. The average molecular weight is 419 g/mol. The second kappa shape index (κ2) is 7.75. The molecule has 154 valence electrons. The molecule has 0 saturated heterocycles. The van der Waals surface area contributed by atoms with E-state index in [9.17, 15) is 17.6 Å². The molecule has 0 atom stereocenters. The molecule has 0 radical (unpaired) electrons. The van der Waals surface area contributed by atoms with Gasteiger partial charge in [0.15, 0.2) is 0 Å². The van der Waals surface area contributed by atoms with E-state index in [1.54, 1.807) is 35.0 Å². The lowest BCUT2D eigenvalue weighted by molar-refractivity contribution is 0.0958. The number of nitrogens with one attached hydrogen (secondary N) is 2. The summed E-state index contributed by atoms with van der Waals surface area (Å²) in [6.45, 7) is 3.63. The number of aromatic nitrogens is 1. The minimum absolute atomic E-state index is 0.213. The second-order valence-electron chi connectivity index (χ2n) is 6.88. The van der Waals surface area contributed by atoms with Gasteiger partial charge in [-0.2, -0.15) is 0 Å². The molecule has 0 spiro atoms. The summed E-state index contributed by atoms with van der Waals surface area (Å²) < 4.78 is 46.8. The van der Waals surface area contributed by atoms with Crippen molar-refractivity contribution in [2.45, 2.75) is 20.0 Å². The van der Waals surface area contributed by atoms with E-state index in [0.29, 0.717) is 27.9 Å². The molecule has 1 heterocycles. The van der Waals surface area contributed by atoms with Crippen molar-refractivity contribution >= 4 is 32.4 Å². The van der Waals surface area contributed by atoms with Crippen LogP contribution in [0.4, 0.5) is 10.1 Å². The van der Waals surface area contributed by atoms with E-state index in [-0.39, 0.29) is 23.5 Å². The fourth-order valence-electron chi connectivity index (χ4n) is 3.03. The maximum atomic E-state index is 13.3. The van der Waals surface area contributed by atoms with Crippen LogP contribution in [0, 0.1) is 5.82 Å². The Hall–Kier alpha value is -3.07. The molecule has 3 aromatic rings. The molecule has 3 rings (SSSR count). The first-order valence-corrected chi connectivity index (χ1v) is 10.8. The third-order valence-electron chi connectivity index (χ3n) is 4.12. The highest BCUT2D eigenvalue weighted by Gasteiger charge is 2.21. The van der Waals surface area contributed by atoms with Crippen molar-refractivity contribution in [2.24, 2.45) is 0 Å². The summed E-state index contributed by atoms with van der Waals surface area (Å²) in [6, 6.07) is 8.97. The highest BCUT2D eigenvalue weighted by molar-refractivity contribution is 7.92. The molecule has 7 nitrogen and oxygen atoms in total. The van der Waals surface area contributed by atoms with Crippen LogP contribution in [0.25, 0.3) is 16.5 Å². The summed E-state index contributed by atoms with van der Waals surface area (Å²) in [5.74, 6) is -0.428. The number of benzene rings is 2. The lowest BCUT2D eigenvalue weighted by Crippen LogP contribution is -2.21. The van der Waals surface area contributed by atoms with Crippen LogP contribution in [0.3, 0.4) is 0 Å². The predicted molar refractivity (Wildman–Crippen MR) is 111 cm³/mol. The number of nitrogens with zero attached hydrogens (tertiary/aromatic N) is 1. The van der Waals surface area contributed by atoms with Crippen LogP contribution in [-0.4, -0.2) is 38.3 Å². The van der Waals surface area contributed by atoms with Gasteiger partial charge in [0.25, 0.3) is 5.91 Å². The molecular weight excluding hydrogens is 397 g/mol. The molecule has 0 saturated carbocycles. The first kappa shape index (κ1) is 20.7. The zero-order valence-corrected chi connectivity index (χ0v) is 17.3. The van der Waals surface area contributed by atoms with Gasteiger partial charge in [-0.05, 0) is 50.2 Å². The van der Waals surface area contributed by atoms with E-state index in [0.717, 1.165) is 6.26 Å². The van der Waals surface area contributed by atoms with E-state index in [1.807, 2.05) is 13.8 Å². The second-order valence-corrected chi connectivity index (χ2v) is 8.63. The van der Waals surface area contributed by atoms with E-state index < -0.39 is 10.0 Å². The maximum Gasteiger partial charge on any atom is 0.268 e. The number of carbonyl (C=O) groups is 1. The Bertz CT molecular complexity index is 1170. The first-order chi connectivity index (χ1) is 13.6. The normalized spacial score (nSPS) is 11.7. The highest BCUT2D eigenvalue weighted by atomic mass is 32.2. The molecule has 0 aliphatic carbocycles. The number of rotatable bonds is 6. The number of sulfonamides is 1. The Morgan fingerprint density at radius 3 is 2.38 bits per heavy atom. The summed E-state index contributed by atoms with van der Waals surface area (Å²) >= 11 is 0. The third-order valence-corrected chi connectivity index (χ3v) is 4.71. The lowest BCUT2D eigenvalue weighted by Gasteiger charge is -2.15. The van der Waals surface area contributed by atoms with Gasteiger partial charge in [-0.25, -0.2) is 12.8 Å². The topological polar surface area (TPSA) is 89.4 Å². The number of hydrogen-bond acceptors (Lipinski definition) is 4. The molecule has 0 unspecified atom stereocenters. The number of carbonyl (C=O) groups excluding carboxylic acids is 1. The summed E-state index contributed by atoms with van der Waals surface area (Å²) in [5, 5.41) is 3.80. The predicted octanol–water partition coefficient (Wildman–Crippen LogP) is 3.29.